The van der Waals surface area contributed by atoms with Crippen LogP contribution in [0.1, 0.15) is 12.5 Å². The van der Waals surface area contributed by atoms with Crippen molar-refractivity contribution in [1.29, 1.82) is 0 Å². The molecule has 2 fully saturated rings. The van der Waals surface area contributed by atoms with Gasteiger partial charge in [-0.1, -0.05) is 30.3 Å². The zero-order chi connectivity index (χ0) is 21.8. The monoisotopic (exact) mass is 430 g/mol. The van der Waals surface area contributed by atoms with Gasteiger partial charge in [0.25, 0.3) is 0 Å². The fourth-order valence-corrected chi connectivity index (χ4v) is 3.55. The second kappa shape index (κ2) is 10.4. The summed E-state index contributed by atoms with van der Waals surface area (Å²) >= 11 is 0. The van der Waals surface area contributed by atoms with Crippen LogP contribution < -0.4 is 0 Å². The van der Waals surface area contributed by atoms with E-state index in [0.29, 0.717) is 6.42 Å². The summed E-state index contributed by atoms with van der Waals surface area (Å²) in [6, 6.07) is 9.53. The Morgan fingerprint density at radius 2 is 1.53 bits per heavy atom. The highest BCUT2D eigenvalue weighted by atomic mass is 16.8. The quantitative estimate of drug-likeness (QED) is 0.283. The van der Waals surface area contributed by atoms with Gasteiger partial charge < -0.3 is 49.6 Å². The molecule has 10 heteroatoms. The van der Waals surface area contributed by atoms with E-state index in [4.69, 9.17) is 18.9 Å². The standard InChI is InChI=1S/C20H30O10/c1-10-13(22)15(24)17(26)19(28-10)30-18-16(25)14(23)12(9-21)29-20(18)27-8-7-11-5-3-2-4-6-11/h2-6,10,12-26H,7-9H2,1H3/t10-,12+,13-,14+,15+,16-,17+,18+,19-,20+/m0/s1. The number of rotatable bonds is 7. The Hall–Kier alpha value is -1.18. The van der Waals surface area contributed by atoms with Crippen LogP contribution in [-0.2, 0) is 25.4 Å². The fraction of sp³-hybridized carbons (Fsp3) is 0.700. The number of aliphatic hydroxyl groups is 6. The van der Waals surface area contributed by atoms with Gasteiger partial charge in [-0.25, -0.2) is 0 Å². The number of benzene rings is 1. The molecule has 2 aliphatic heterocycles. The first-order valence-corrected chi connectivity index (χ1v) is 9.96. The molecule has 10 atom stereocenters. The molecule has 0 spiro atoms. The number of ether oxygens (including phenoxy) is 4. The Labute approximate surface area is 174 Å². The Morgan fingerprint density at radius 1 is 0.833 bits per heavy atom. The average molecular weight is 430 g/mol. The van der Waals surface area contributed by atoms with E-state index < -0.39 is 68.0 Å². The van der Waals surface area contributed by atoms with Gasteiger partial charge in [0.05, 0.1) is 19.3 Å². The highest BCUT2D eigenvalue weighted by Crippen LogP contribution is 2.29. The normalized spacial score (nSPS) is 42.2. The minimum absolute atomic E-state index is 0.196. The first-order chi connectivity index (χ1) is 14.3. The predicted octanol–water partition coefficient (Wildman–Crippen LogP) is -2.10. The molecule has 0 unspecified atom stereocenters. The molecule has 0 radical (unpaired) electrons. The Bertz CT molecular complexity index is 646. The van der Waals surface area contributed by atoms with Crippen LogP contribution in [0.2, 0.25) is 0 Å². The summed E-state index contributed by atoms with van der Waals surface area (Å²) in [6.07, 6.45) is -12.7. The van der Waals surface area contributed by atoms with E-state index in [0.717, 1.165) is 5.56 Å². The van der Waals surface area contributed by atoms with Gasteiger partial charge >= 0.3 is 0 Å². The van der Waals surface area contributed by atoms with Crippen LogP contribution in [-0.4, -0.2) is 105 Å². The van der Waals surface area contributed by atoms with E-state index in [1.54, 1.807) is 0 Å². The topological polar surface area (TPSA) is 158 Å². The van der Waals surface area contributed by atoms with Crippen LogP contribution in [0.5, 0.6) is 0 Å². The molecular formula is C20H30O10. The van der Waals surface area contributed by atoms with Crippen molar-refractivity contribution in [2.45, 2.75) is 74.8 Å². The van der Waals surface area contributed by atoms with Gasteiger partial charge in [-0.2, -0.15) is 0 Å². The Morgan fingerprint density at radius 3 is 2.20 bits per heavy atom. The molecule has 1 aromatic rings. The van der Waals surface area contributed by atoms with Crippen molar-refractivity contribution >= 4 is 0 Å². The Balaban J connectivity index is 1.69. The van der Waals surface area contributed by atoms with Crippen molar-refractivity contribution in [3.63, 3.8) is 0 Å². The lowest BCUT2D eigenvalue weighted by atomic mass is 9.97. The van der Waals surface area contributed by atoms with Gasteiger partial charge in [0, 0.05) is 0 Å². The van der Waals surface area contributed by atoms with E-state index in [-0.39, 0.29) is 6.61 Å². The van der Waals surface area contributed by atoms with E-state index in [1.165, 1.54) is 6.92 Å². The van der Waals surface area contributed by atoms with Crippen LogP contribution in [0.15, 0.2) is 30.3 Å². The first kappa shape index (κ1) is 23.5. The number of hydrogen-bond donors (Lipinski definition) is 6. The lowest BCUT2D eigenvalue weighted by Crippen LogP contribution is -2.64. The zero-order valence-corrected chi connectivity index (χ0v) is 16.6. The second-order valence-corrected chi connectivity index (χ2v) is 7.60. The highest BCUT2D eigenvalue weighted by molar-refractivity contribution is 5.14. The summed E-state index contributed by atoms with van der Waals surface area (Å²) in [5, 5.41) is 60.2. The molecule has 3 rings (SSSR count). The zero-order valence-electron chi connectivity index (χ0n) is 16.6. The average Bonchev–Trinajstić information content (AvgIpc) is 2.75. The first-order valence-electron chi connectivity index (χ1n) is 9.96. The summed E-state index contributed by atoms with van der Waals surface area (Å²) in [5.41, 5.74) is 1.02. The highest BCUT2D eigenvalue weighted by Gasteiger charge is 2.50. The van der Waals surface area contributed by atoms with Crippen LogP contribution in [0, 0.1) is 0 Å². The molecule has 10 nitrogen and oxygen atoms in total. The molecule has 30 heavy (non-hydrogen) atoms. The van der Waals surface area contributed by atoms with Crippen molar-refractivity contribution in [2.75, 3.05) is 13.2 Å². The molecule has 2 aliphatic rings. The second-order valence-electron chi connectivity index (χ2n) is 7.60. The van der Waals surface area contributed by atoms with Gasteiger partial charge in [-0.05, 0) is 18.9 Å². The molecule has 0 aliphatic carbocycles. The van der Waals surface area contributed by atoms with Gasteiger partial charge in [-0.3, -0.25) is 0 Å². The number of hydrogen-bond acceptors (Lipinski definition) is 10. The molecule has 2 saturated heterocycles. The summed E-state index contributed by atoms with van der Waals surface area (Å²) in [4.78, 5) is 0. The maximum absolute atomic E-state index is 10.5. The van der Waals surface area contributed by atoms with E-state index >= 15 is 0 Å². The minimum Gasteiger partial charge on any atom is -0.394 e. The predicted molar refractivity (Wildman–Crippen MR) is 101 cm³/mol. The lowest BCUT2D eigenvalue weighted by molar-refractivity contribution is -0.364. The summed E-state index contributed by atoms with van der Waals surface area (Å²) < 4.78 is 22.3. The SMILES string of the molecule is C[C@@H]1O[C@@H](O[C@H]2[C@H](OCCc3ccccc3)O[C@H](CO)[C@@H](O)[C@@H]2O)[C@H](O)[C@H](O)[C@H]1O. The molecule has 0 bridgehead atoms. The van der Waals surface area contributed by atoms with Crippen molar-refractivity contribution in [3.8, 4) is 0 Å². The maximum Gasteiger partial charge on any atom is 0.187 e. The molecule has 0 aromatic heterocycles. The molecule has 0 amide bonds. The number of aliphatic hydroxyl groups excluding tert-OH is 6. The summed E-state index contributed by atoms with van der Waals surface area (Å²) in [5.74, 6) is 0. The van der Waals surface area contributed by atoms with Crippen LogP contribution in [0.3, 0.4) is 0 Å². The van der Waals surface area contributed by atoms with Gasteiger partial charge in [-0.15, -0.1) is 0 Å². The largest absolute Gasteiger partial charge is 0.394 e. The van der Waals surface area contributed by atoms with Crippen molar-refractivity contribution < 1.29 is 49.6 Å². The van der Waals surface area contributed by atoms with Gasteiger partial charge in [0.1, 0.15) is 42.7 Å². The smallest absolute Gasteiger partial charge is 0.187 e. The third-order valence-electron chi connectivity index (χ3n) is 5.44. The molecule has 1 aromatic carbocycles. The van der Waals surface area contributed by atoms with Crippen LogP contribution in [0.4, 0.5) is 0 Å². The Kier molecular flexibility index (Phi) is 8.16. The van der Waals surface area contributed by atoms with Crippen molar-refractivity contribution in [1.82, 2.24) is 0 Å². The van der Waals surface area contributed by atoms with E-state index in [9.17, 15) is 30.6 Å². The third kappa shape index (κ3) is 5.17. The third-order valence-corrected chi connectivity index (χ3v) is 5.44. The molecular weight excluding hydrogens is 400 g/mol. The van der Waals surface area contributed by atoms with Crippen molar-refractivity contribution in [3.05, 3.63) is 35.9 Å². The van der Waals surface area contributed by atoms with Gasteiger partial charge in [0.2, 0.25) is 0 Å². The van der Waals surface area contributed by atoms with E-state index in [1.807, 2.05) is 30.3 Å². The fourth-order valence-electron chi connectivity index (χ4n) is 3.55. The molecule has 6 N–H and O–H groups in total. The van der Waals surface area contributed by atoms with E-state index in [2.05, 4.69) is 0 Å². The summed E-state index contributed by atoms with van der Waals surface area (Å²) in [6.45, 7) is 1.14. The van der Waals surface area contributed by atoms with Crippen molar-refractivity contribution in [2.24, 2.45) is 0 Å². The lowest BCUT2D eigenvalue weighted by Gasteiger charge is -2.45. The maximum atomic E-state index is 10.5. The molecule has 170 valence electrons. The van der Waals surface area contributed by atoms with Crippen LogP contribution >= 0.6 is 0 Å². The summed E-state index contributed by atoms with van der Waals surface area (Å²) in [7, 11) is 0. The molecule has 2 heterocycles. The van der Waals surface area contributed by atoms with Crippen LogP contribution in [0.25, 0.3) is 0 Å². The van der Waals surface area contributed by atoms with Gasteiger partial charge in [0.15, 0.2) is 12.6 Å². The molecule has 0 saturated carbocycles. The minimum atomic E-state index is -1.60.